The maximum absolute atomic E-state index is 12.7. The molecule has 0 bridgehead atoms. The average molecular weight is 340 g/mol. The maximum atomic E-state index is 12.7. The topological polar surface area (TPSA) is 73.5 Å². The van der Waals surface area contributed by atoms with Crippen LogP contribution in [0.3, 0.4) is 0 Å². The van der Waals surface area contributed by atoms with Crippen molar-refractivity contribution >= 4 is 28.3 Å². The van der Waals surface area contributed by atoms with Crippen molar-refractivity contribution in [1.82, 2.24) is 0 Å². The second-order valence-electron chi connectivity index (χ2n) is 7.23. The Morgan fingerprint density at radius 1 is 1.29 bits per heavy atom. The van der Waals surface area contributed by atoms with Gasteiger partial charge in [-0.15, -0.1) is 11.8 Å². The maximum Gasteiger partial charge on any atom is 0.185 e. The van der Waals surface area contributed by atoms with Gasteiger partial charge in [-0.05, 0) is 17.4 Å². The van der Waals surface area contributed by atoms with Gasteiger partial charge in [0.05, 0.1) is 22.8 Å². The highest BCUT2D eigenvalue weighted by atomic mass is 32.2. The number of thioether (sulfide) groups is 1. The summed E-state index contributed by atoms with van der Waals surface area (Å²) in [6.45, 7) is 6.42. The second kappa shape index (κ2) is 6.19. The fraction of sp³-hybridized carbons (Fsp3) is 0.421. The lowest BCUT2D eigenvalue weighted by molar-refractivity contribution is -0.117. The molecule has 3 rings (SSSR count). The third-order valence-electron chi connectivity index (χ3n) is 4.39. The third kappa shape index (κ3) is 3.04. The first-order chi connectivity index (χ1) is 11.3. The predicted octanol–water partition coefficient (Wildman–Crippen LogP) is 3.31. The van der Waals surface area contributed by atoms with Crippen LogP contribution in [0.4, 0.5) is 0 Å². The lowest BCUT2D eigenvalue weighted by Crippen LogP contribution is -2.36. The number of benzene rings is 1. The molecule has 24 heavy (non-hydrogen) atoms. The number of hydrogen-bond donors (Lipinski definition) is 1. The summed E-state index contributed by atoms with van der Waals surface area (Å²) in [5.74, 6) is -0.143. The zero-order valence-electron chi connectivity index (χ0n) is 14.0. The summed E-state index contributed by atoms with van der Waals surface area (Å²) < 4.78 is 0. The number of ketones is 1. The molecule has 1 saturated heterocycles. The third-order valence-corrected chi connectivity index (χ3v) is 5.61. The Kier molecular flexibility index (Phi) is 4.37. The van der Waals surface area contributed by atoms with E-state index in [0.29, 0.717) is 17.9 Å². The molecule has 0 radical (unpaired) electrons. The monoisotopic (exact) mass is 340 g/mol. The van der Waals surface area contributed by atoms with Gasteiger partial charge in [0.1, 0.15) is 11.6 Å². The Labute approximate surface area is 146 Å². The highest BCUT2D eigenvalue weighted by Gasteiger charge is 2.38. The second-order valence-corrected chi connectivity index (χ2v) is 8.27. The minimum atomic E-state index is -0.518. The first kappa shape index (κ1) is 16.9. The van der Waals surface area contributed by atoms with Gasteiger partial charge in [0.15, 0.2) is 5.78 Å². The fourth-order valence-corrected chi connectivity index (χ4v) is 4.01. The summed E-state index contributed by atoms with van der Waals surface area (Å²) in [6.07, 6.45) is -0.165. The van der Waals surface area contributed by atoms with Crippen LogP contribution in [-0.4, -0.2) is 27.8 Å². The highest BCUT2D eigenvalue weighted by molar-refractivity contribution is 8.14. The van der Waals surface area contributed by atoms with Crippen molar-refractivity contribution in [1.29, 1.82) is 5.26 Å². The van der Waals surface area contributed by atoms with Crippen molar-refractivity contribution in [2.45, 2.75) is 38.7 Å². The SMILES string of the molecule is CC(C)(C)c1ccc(C2=C(C#N)C(=O)C3CC(O)CSC3=N2)cc1. The lowest BCUT2D eigenvalue weighted by Gasteiger charge is -2.29. The van der Waals surface area contributed by atoms with Crippen LogP contribution in [0.1, 0.15) is 38.3 Å². The van der Waals surface area contributed by atoms with Crippen molar-refractivity contribution in [2.75, 3.05) is 5.75 Å². The molecule has 2 aliphatic rings. The van der Waals surface area contributed by atoms with Crippen LogP contribution < -0.4 is 0 Å². The molecule has 1 N–H and O–H groups in total. The molecular formula is C19H20N2O2S. The molecule has 0 aromatic heterocycles. The van der Waals surface area contributed by atoms with Crippen LogP contribution in [-0.2, 0) is 10.2 Å². The summed E-state index contributed by atoms with van der Waals surface area (Å²) >= 11 is 1.41. The number of aliphatic hydroxyl groups excluding tert-OH is 1. The van der Waals surface area contributed by atoms with Gasteiger partial charge in [-0.25, -0.2) is 4.99 Å². The van der Waals surface area contributed by atoms with E-state index in [1.54, 1.807) is 0 Å². The number of nitriles is 1. The van der Waals surface area contributed by atoms with Gasteiger partial charge >= 0.3 is 0 Å². The van der Waals surface area contributed by atoms with E-state index in [-0.39, 0.29) is 16.8 Å². The number of aliphatic imine (C=N–C) groups is 1. The Balaban J connectivity index is 2.03. The van der Waals surface area contributed by atoms with E-state index >= 15 is 0 Å². The number of rotatable bonds is 1. The average Bonchev–Trinajstić information content (AvgIpc) is 2.54. The van der Waals surface area contributed by atoms with Gasteiger partial charge in [-0.1, -0.05) is 45.0 Å². The molecule has 2 aliphatic heterocycles. The molecular weight excluding hydrogens is 320 g/mol. The van der Waals surface area contributed by atoms with Crippen LogP contribution in [0.2, 0.25) is 0 Å². The summed E-state index contributed by atoms with van der Waals surface area (Å²) in [4.78, 5) is 17.3. The zero-order chi connectivity index (χ0) is 17.5. The largest absolute Gasteiger partial charge is 0.392 e. The van der Waals surface area contributed by atoms with Crippen molar-refractivity contribution < 1.29 is 9.90 Å². The van der Waals surface area contributed by atoms with Crippen molar-refractivity contribution in [2.24, 2.45) is 10.9 Å². The van der Waals surface area contributed by atoms with Gasteiger partial charge in [0, 0.05) is 11.3 Å². The number of hydrogen-bond acceptors (Lipinski definition) is 5. The van der Waals surface area contributed by atoms with E-state index in [2.05, 4.69) is 25.8 Å². The van der Waals surface area contributed by atoms with Crippen LogP contribution in [0.15, 0.2) is 34.8 Å². The Morgan fingerprint density at radius 3 is 2.54 bits per heavy atom. The van der Waals surface area contributed by atoms with Gasteiger partial charge in [0.2, 0.25) is 0 Å². The van der Waals surface area contributed by atoms with Crippen LogP contribution >= 0.6 is 11.8 Å². The van der Waals surface area contributed by atoms with Gasteiger partial charge in [0.25, 0.3) is 0 Å². The summed E-state index contributed by atoms with van der Waals surface area (Å²) in [5, 5.41) is 20.0. The number of Topliss-reactive ketones (excluding diaryl/α,β-unsaturated/α-hetero) is 1. The number of carbonyl (C=O) groups excluding carboxylic acids is 1. The highest BCUT2D eigenvalue weighted by Crippen LogP contribution is 2.37. The quantitative estimate of drug-likeness (QED) is 0.851. The van der Waals surface area contributed by atoms with Crippen LogP contribution in [0.5, 0.6) is 0 Å². The molecule has 0 amide bonds. The number of fused-ring (bicyclic) bond motifs is 1. The Hall–Kier alpha value is -1.90. The molecule has 1 fully saturated rings. The van der Waals surface area contributed by atoms with E-state index in [0.717, 1.165) is 10.6 Å². The smallest absolute Gasteiger partial charge is 0.185 e. The van der Waals surface area contributed by atoms with Crippen molar-refractivity contribution in [3.05, 3.63) is 41.0 Å². The molecule has 5 heteroatoms. The molecule has 1 aromatic carbocycles. The molecule has 2 unspecified atom stereocenters. The minimum absolute atomic E-state index is 0.0414. The number of allylic oxidation sites excluding steroid dienone is 1. The van der Waals surface area contributed by atoms with Crippen molar-refractivity contribution in [3.8, 4) is 6.07 Å². The summed E-state index contributed by atoms with van der Waals surface area (Å²) in [6, 6.07) is 9.91. The van der Waals surface area contributed by atoms with E-state index in [4.69, 9.17) is 0 Å². The molecule has 4 nitrogen and oxygen atoms in total. The predicted molar refractivity (Wildman–Crippen MR) is 96.7 cm³/mol. The summed E-state index contributed by atoms with van der Waals surface area (Å²) in [7, 11) is 0. The minimum Gasteiger partial charge on any atom is -0.392 e. The van der Waals surface area contributed by atoms with Gasteiger partial charge < -0.3 is 5.11 Å². The number of nitrogens with zero attached hydrogens (tertiary/aromatic N) is 2. The normalized spacial score (nSPS) is 24.3. The zero-order valence-corrected chi connectivity index (χ0v) is 14.9. The first-order valence-electron chi connectivity index (χ1n) is 8.00. The Morgan fingerprint density at radius 2 is 1.96 bits per heavy atom. The molecule has 0 aliphatic carbocycles. The van der Waals surface area contributed by atoms with Crippen LogP contribution in [0, 0.1) is 17.2 Å². The van der Waals surface area contributed by atoms with Gasteiger partial charge in [-0.2, -0.15) is 5.26 Å². The Bertz CT molecular complexity index is 779. The van der Waals surface area contributed by atoms with E-state index in [9.17, 15) is 15.2 Å². The van der Waals surface area contributed by atoms with E-state index in [1.807, 2.05) is 30.3 Å². The lowest BCUT2D eigenvalue weighted by atomic mass is 9.85. The number of carbonyl (C=O) groups is 1. The molecule has 124 valence electrons. The standard InChI is InChI=1S/C19H20N2O2S/c1-19(2,3)12-6-4-11(5-7-12)16-15(9-20)17(23)14-8-13(22)10-24-18(14)21-16/h4-7,13-14,22H,8,10H2,1-3H3. The molecule has 0 spiro atoms. The summed E-state index contributed by atoms with van der Waals surface area (Å²) in [5.41, 5.74) is 2.57. The first-order valence-corrected chi connectivity index (χ1v) is 8.99. The number of aliphatic hydroxyl groups is 1. The van der Waals surface area contributed by atoms with E-state index in [1.165, 1.54) is 17.3 Å². The van der Waals surface area contributed by atoms with Gasteiger partial charge in [-0.3, -0.25) is 4.79 Å². The molecule has 2 atom stereocenters. The molecule has 2 heterocycles. The molecule has 1 aromatic rings. The molecule has 0 saturated carbocycles. The van der Waals surface area contributed by atoms with Crippen molar-refractivity contribution in [3.63, 3.8) is 0 Å². The van der Waals surface area contributed by atoms with E-state index < -0.39 is 12.0 Å². The fourth-order valence-electron chi connectivity index (χ4n) is 2.95. The van der Waals surface area contributed by atoms with Crippen LogP contribution in [0.25, 0.3) is 5.70 Å².